The van der Waals surface area contributed by atoms with E-state index in [-0.39, 0.29) is 0 Å². The van der Waals surface area contributed by atoms with Crippen molar-refractivity contribution in [2.45, 2.75) is 38.6 Å². The topological polar surface area (TPSA) is 50.8 Å². The molecule has 0 aliphatic carbocycles. The molecule has 1 aliphatic heterocycles. The Hall–Kier alpha value is -2.53. The Labute approximate surface area is 161 Å². The summed E-state index contributed by atoms with van der Waals surface area (Å²) in [6.07, 6.45) is 4.62. The summed E-state index contributed by atoms with van der Waals surface area (Å²) in [6.45, 7) is 5.06. The molecule has 144 valence electrons. The van der Waals surface area contributed by atoms with E-state index in [1.165, 1.54) is 32.2 Å². The number of hydrogen-bond donors (Lipinski definition) is 1. The maximum Gasteiger partial charge on any atom is 0.417 e. The van der Waals surface area contributed by atoms with Gasteiger partial charge in [-0.15, -0.1) is 0 Å². The Morgan fingerprint density at radius 1 is 1.07 bits per heavy atom. The molecule has 5 heteroatoms. The number of hydrogen-bond acceptors (Lipinski definition) is 4. The summed E-state index contributed by atoms with van der Waals surface area (Å²) in [4.78, 5) is 14.4. The van der Waals surface area contributed by atoms with Crippen LogP contribution in [0.5, 0.6) is 11.5 Å². The average Bonchev–Trinajstić information content (AvgIpc) is 2.70. The molecule has 1 saturated heterocycles. The van der Waals surface area contributed by atoms with Crippen LogP contribution >= 0.6 is 0 Å². The maximum atomic E-state index is 11.9. The molecule has 2 aromatic carbocycles. The van der Waals surface area contributed by atoms with Gasteiger partial charge in [-0.25, -0.2) is 4.79 Å². The SMILES string of the molecule is CCC1CCCCN1CCOc1ccc(OC(=O)Nc2ccccc2)cc1. The quantitative estimate of drug-likeness (QED) is 0.752. The van der Waals surface area contributed by atoms with Crippen molar-refractivity contribution in [1.82, 2.24) is 4.90 Å². The lowest BCUT2D eigenvalue weighted by Gasteiger charge is -2.34. The lowest BCUT2D eigenvalue weighted by Crippen LogP contribution is -2.41. The third-order valence-corrected chi connectivity index (χ3v) is 4.92. The van der Waals surface area contributed by atoms with Gasteiger partial charge in [0.15, 0.2) is 0 Å². The van der Waals surface area contributed by atoms with E-state index >= 15 is 0 Å². The molecular weight excluding hydrogens is 340 g/mol. The number of para-hydroxylation sites is 1. The van der Waals surface area contributed by atoms with Gasteiger partial charge < -0.3 is 9.47 Å². The van der Waals surface area contributed by atoms with Crippen molar-refractivity contribution in [1.29, 1.82) is 0 Å². The smallest absolute Gasteiger partial charge is 0.417 e. The van der Waals surface area contributed by atoms with E-state index in [4.69, 9.17) is 9.47 Å². The molecule has 5 nitrogen and oxygen atoms in total. The van der Waals surface area contributed by atoms with Crippen molar-refractivity contribution in [3.05, 3.63) is 54.6 Å². The first-order valence-corrected chi connectivity index (χ1v) is 9.75. The van der Waals surface area contributed by atoms with E-state index in [0.717, 1.165) is 12.3 Å². The Morgan fingerprint density at radius 3 is 2.56 bits per heavy atom. The molecular formula is C22H28N2O3. The van der Waals surface area contributed by atoms with Crippen molar-refractivity contribution in [2.24, 2.45) is 0 Å². The number of nitrogens with zero attached hydrogens (tertiary/aromatic N) is 1. The highest BCUT2D eigenvalue weighted by Crippen LogP contribution is 2.21. The number of piperidine rings is 1. The Balaban J connectivity index is 1.42. The van der Waals surface area contributed by atoms with E-state index in [9.17, 15) is 4.79 Å². The minimum absolute atomic E-state index is 0.484. The zero-order valence-electron chi connectivity index (χ0n) is 15.9. The summed E-state index contributed by atoms with van der Waals surface area (Å²) < 4.78 is 11.1. The normalized spacial score (nSPS) is 17.3. The molecule has 27 heavy (non-hydrogen) atoms. The predicted molar refractivity (Wildman–Crippen MR) is 108 cm³/mol. The Morgan fingerprint density at radius 2 is 1.81 bits per heavy atom. The molecule has 0 saturated carbocycles. The highest BCUT2D eigenvalue weighted by Gasteiger charge is 2.20. The molecule has 2 aromatic rings. The monoisotopic (exact) mass is 368 g/mol. The average molecular weight is 368 g/mol. The van der Waals surface area contributed by atoms with Crippen molar-refractivity contribution >= 4 is 11.8 Å². The molecule has 1 unspecified atom stereocenters. The van der Waals surface area contributed by atoms with Crippen molar-refractivity contribution in [3.8, 4) is 11.5 Å². The molecule has 3 rings (SSSR count). The summed E-state index contributed by atoms with van der Waals surface area (Å²) in [5.74, 6) is 1.27. The van der Waals surface area contributed by atoms with Crippen molar-refractivity contribution in [2.75, 3.05) is 25.0 Å². The molecule has 1 aliphatic rings. The van der Waals surface area contributed by atoms with E-state index in [1.54, 1.807) is 12.1 Å². The second-order valence-electron chi connectivity index (χ2n) is 6.79. The number of amides is 1. The minimum Gasteiger partial charge on any atom is -0.492 e. The summed E-state index contributed by atoms with van der Waals surface area (Å²) in [6, 6.07) is 17.1. The molecule has 1 N–H and O–H groups in total. The molecule has 1 atom stereocenters. The largest absolute Gasteiger partial charge is 0.492 e. The molecule has 1 fully saturated rings. The fourth-order valence-corrected chi connectivity index (χ4v) is 3.47. The van der Waals surface area contributed by atoms with Crippen LogP contribution in [0.4, 0.5) is 10.5 Å². The number of carbonyl (C=O) groups excluding carboxylic acids is 1. The summed E-state index contributed by atoms with van der Waals surface area (Å²) in [7, 11) is 0. The number of likely N-dealkylation sites (tertiary alicyclic amines) is 1. The third-order valence-electron chi connectivity index (χ3n) is 4.92. The summed E-state index contributed by atoms with van der Waals surface area (Å²) in [5.41, 5.74) is 0.700. The van der Waals surface area contributed by atoms with Crippen LogP contribution in [-0.4, -0.2) is 36.7 Å². The number of nitrogens with one attached hydrogen (secondary N) is 1. The van der Waals surface area contributed by atoms with Crippen LogP contribution in [0.2, 0.25) is 0 Å². The van der Waals surface area contributed by atoms with Crippen LogP contribution in [0.1, 0.15) is 32.6 Å². The lowest BCUT2D eigenvalue weighted by molar-refractivity contribution is 0.120. The highest BCUT2D eigenvalue weighted by atomic mass is 16.6. The van der Waals surface area contributed by atoms with Crippen molar-refractivity contribution < 1.29 is 14.3 Å². The van der Waals surface area contributed by atoms with E-state index in [1.807, 2.05) is 42.5 Å². The number of benzene rings is 2. The first-order valence-electron chi connectivity index (χ1n) is 9.75. The van der Waals surface area contributed by atoms with Gasteiger partial charge in [-0.1, -0.05) is 31.5 Å². The molecule has 0 spiro atoms. The van der Waals surface area contributed by atoms with E-state index in [0.29, 0.717) is 24.1 Å². The Kier molecular flexibility index (Phi) is 7.11. The van der Waals surface area contributed by atoms with Crippen LogP contribution in [0, 0.1) is 0 Å². The van der Waals surface area contributed by atoms with E-state index < -0.39 is 6.09 Å². The van der Waals surface area contributed by atoms with Gasteiger partial charge in [0.25, 0.3) is 0 Å². The predicted octanol–water partition coefficient (Wildman–Crippen LogP) is 4.94. The van der Waals surface area contributed by atoms with Gasteiger partial charge in [0.1, 0.15) is 18.1 Å². The second kappa shape index (κ2) is 9.97. The number of ether oxygens (including phenoxy) is 2. The third kappa shape index (κ3) is 6.00. The standard InChI is InChI=1S/C22H28N2O3/c1-2-19-10-6-7-15-24(19)16-17-26-20-11-13-21(14-12-20)27-22(25)23-18-8-4-3-5-9-18/h3-5,8-9,11-14,19H,2,6-7,10,15-17H2,1H3,(H,23,25). The van der Waals surface area contributed by atoms with Gasteiger partial charge in [-0.2, -0.15) is 0 Å². The number of anilines is 1. The summed E-state index contributed by atoms with van der Waals surface area (Å²) in [5, 5.41) is 2.69. The molecule has 1 heterocycles. The van der Waals surface area contributed by atoms with Crippen LogP contribution in [0.25, 0.3) is 0 Å². The zero-order valence-corrected chi connectivity index (χ0v) is 15.9. The molecule has 0 radical (unpaired) electrons. The second-order valence-corrected chi connectivity index (χ2v) is 6.79. The number of carbonyl (C=O) groups is 1. The van der Waals surface area contributed by atoms with Gasteiger partial charge in [-0.3, -0.25) is 10.2 Å². The van der Waals surface area contributed by atoms with Crippen molar-refractivity contribution in [3.63, 3.8) is 0 Å². The molecule has 0 bridgehead atoms. The fraction of sp³-hybridized carbons (Fsp3) is 0.409. The Bertz CT molecular complexity index is 703. The fourth-order valence-electron chi connectivity index (χ4n) is 3.47. The van der Waals surface area contributed by atoms with Crippen LogP contribution < -0.4 is 14.8 Å². The lowest BCUT2D eigenvalue weighted by atomic mass is 10.0. The van der Waals surface area contributed by atoms with Crippen LogP contribution in [0.3, 0.4) is 0 Å². The van der Waals surface area contributed by atoms with Crippen LogP contribution in [-0.2, 0) is 0 Å². The first kappa shape index (κ1) is 19.2. The molecule has 0 aromatic heterocycles. The van der Waals surface area contributed by atoms with Gasteiger partial charge in [0.2, 0.25) is 0 Å². The minimum atomic E-state index is -0.509. The van der Waals surface area contributed by atoms with Gasteiger partial charge in [0.05, 0.1) is 0 Å². The van der Waals surface area contributed by atoms with Gasteiger partial charge in [0, 0.05) is 18.3 Å². The maximum absolute atomic E-state index is 11.9. The first-order chi connectivity index (χ1) is 13.2. The summed E-state index contributed by atoms with van der Waals surface area (Å²) >= 11 is 0. The van der Waals surface area contributed by atoms with Crippen LogP contribution in [0.15, 0.2) is 54.6 Å². The van der Waals surface area contributed by atoms with Gasteiger partial charge >= 0.3 is 6.09 Å². The van der Waals surface area contributed by atoms with E-state index in [2.05, 4.69) is 17.1 Å². The number of rotatable bonds is 7. The van der Waals surface area contributed by atoms with Gasteiger partial charge in [-0.05, 0) is 62.2 Å². The highest BCUT2D eigenvalue weighted by molar-refractivity contribution is 5.86. The molecule has 1 amide bonds. The zero-order chi connectivity index (χ0) is 18.9.